The number of rotatable bonds is 4. The van der Waals surface area contributed by atoms with Gasteiger partial charge in [0.25, 0.3) is 0 Å². The average Bonchev–Trinajstić information content (AvgIpc) is 3.65. The number of benzene rings is 5. The van der Waals surface area contributed by atoms with Crippen LogP contribution in [0.15, 0.2) is 133 Å². The molecule has 0 unspecified atom stereocenters. The molecule has 2 nitrogen and oxygen atoms in total. The molecule has 0 aliphatic heterocycles. The molecular weight excluding hydrogens is 639 g/mol. The Morgan fingerprint density at radius 1 is 0.690 bits per heavy atom. The van der Waals surface area contributed by atoms with E-state index < -0.39 is 0 Å². The fourth-order valence-corrected chi connectivity index (χ4v) is 5.65. The number of halogens is 2. The normalized spacial score (nSPS) is 10.3. The quantitative estimate of drug-likeness (QED) is 0.269. The van der Waals surface area contributed by atoms with E-state index in [-0.39, 0.29) is 24.8 Å². The summed E-state index contributed by atoms with van der Waals surface area (Å²) < 4.78 is 11.8. The van der Waals surface area contributed by atoms with Gasteiger partial charge in [-0.15, -0.1) is 22.4 Å². The van der Waals surface area contributed by atoms with E-state index in [1.54, 1.807) is 14.2 Å². The minimum Gasteiger partial charge on any atom is -0.179 e. The van der Waals surface area contributed by atoms with Gasteiger partial charge in [0.2, 0.25) is 0 Å². The van der Waals surface area contributed by atoms with Gasteiger partial charge in [0.05, 0.1) is 14.2 Å². The first-order valence-corrected chi connectivity index (χ1v) is 14.5. The van der Waals surface area contributed by atoms with E-state index >= 15 is 0 Å². The molecule has 0 atom stereocenters. The maximum absolute atomic E-state index is 5.19. The Kier molecular flexibility index (Phi) is 12.9. The molecule has 42 heavy (non-hydrogen) atoms. The summed E-state index contributed by atoms with van der Waals surface area (Å²) in [4.78, 5) is 0. The summed E-state index contributed by atoms with van der Waals surface area (Å²) in [5.74, 6) is 1.56. The average molecular weight is 669 g/mol. The predicted molar refractivity (Wildman–Crippen MR) is 162 cm³/mol. The molecule has 0 spiro atoms. The van der Waals surface area contributed by atoms with Crippen molar-refractivity contribution in [3.63, 3.8) is 0 Å². The van der Waals surface area contributed by atoms with Gasteiger partial charge in [-0.1, -0.05) is 47.5 Å². The van der Waals surface area contributed by atoms with Crippen LogP contribution < -0.4 is 34.3 Å². The topological polar surface area (TPSA) is 18.5 Å². The van der Waals surface area contributed by atoms with Crippen molar-refractivity contribution >= 4 is 14.0 Å². The smallest absolute Gasteiger partial charge is 0.0253 e. The monoisotopic (exact) mass is 666 g/mol. The van der Waals surface area contributed by atoms with Gasteiger partial charge in [0, 0.05) is 0 Å². The minimum atomic E-state index is 0. The molecule has 0 saturated carbocycles. The van der Waals surface area contributed by atoms with E-state index in [2.05, 4.69) is 115 Å². The van der Waals surface area contributed by atoms with Crippen molar-refractivity contribution < 1.29 is 58.5 Å². The van der Waals surface area contributed by atoms with E-state index in [9.17, 15) is 0 Å². The number of hydrogen-bond donors (Lipinski definition) is 0. The Bertz CT molecular complexity index is 1590. The first-order valence-electron chi connectivity index (χ1n) is 13.2. The second kappa shape index (κ2) is 16.3. The van der Waals surface area contributed by atoms with Crippen molar-refractivity contribution in [1.82, 2.24) is 0 Å². The number of hydrogen-bond acceptors (Lipinski definition) is 2. The van der Waals surface area contributed by atoms with Crippen molar-refractivity contribution in [2.75, 3.05) is 14.2 Å². The molecule has 0 N–H and O–H groups in total. The van der Waals surface area contributed by atoms with Crippen molar-refractivity contribution in [3.05, 3.63) is 162 Å². The number of methoxy groups -OCH3 is 2. The molecule has 7 rings (SSSR count). The predicted octanol–water partition coefficient (Wildman–Crippen LogP) is 2.44. The molecule has 0 radical (unpaired) electrons. The minimum absolute atomic E-state index is 0. The zero-order valence-corrected chi connectivity index (χ0v) is 27.5. The largest absolute Gasteiger partial charge is 0.179 e. The van der Waals surface area contributed by atoms with Crippen molar-refractivity contribution in [2.45, 2.75) is 6.42 Å². The van der Waals surface area contributed by atoms with Gasteiger partial charge < -0.3 is 34.3 Å². The SMILES string of the molecule is COc1cc2cc[cH-]c2cc1OC.[Cl-].[Cl-].[Zr+2]=[C](c1ccccc1)c1ccccc1.[c-]1cccc2c1Cc1ccccc1-2. The summed E-state index contributed by atoms with van der Waals surface area (Å²) in [5.41, 5.74) is 8.17. The first kappa shape index (κ1) is 33.1. The summed E-state index contributed by atoms with van der Waals surface area (Å²) >= 11 is 1.46. The molecule has 0 bridgehead atoms. The van der Waals surface area contributed by atoms with Gasteiger partial charge >= 0.3 is 99.2 Å². The van der Waals surface area contributed by atoms with Gasteiger partial charge in [0.15, 0.2) is 0 Å². The summed E-state index contributed by atoms with van der Waals surface area (Å²) in [6.45, 7) is 0. The molecule has 0 amide bonds. The molecule has 1 aliphatic rings. The molecular formula is C37H30Cl2O2Zr-2. The Labute approximate surface area is 275 Å². The van der Waals surface area contributed by atoms with E-state index in [1.807, 2.05) is 24.3 Å². The van der Waals surface area contributed by atoms with E-state index in [0.29, 0.717) is 0 Å². The van der Waals surface area contributed by atoms with E-state index in [1.165, 1.54) is 71.6 Å². The Hall–Kier alpha value is -3.36. The summed E-state index contributed by atoms with van der Waals surface area (Å²) in [6, 6.07) is 49.3. The van der Waals surface area contributed by atoms with Gasteiger partial charge in [-0.2, -0.15) is 42.0 Å². The third-order valence-corrected chi connectivity index (χ3v) is 8.30. The van der Waals surface area contributed by atoms with Crippen LogP contribution in [-0.4, -0.2) is 17.4 Å². The Balaban J connectivity index is 0.000000169. The van der Waals surface area contributed by atoms with Crippen LogP contribution >= 0.6 is 0 Å². The third-order valence-electron chi connectivity index (χ3n) is 6.88. The van der Waals surface area contributed by atoms with Crippen LogP contribution in [0, 0.1) is 6.07 Å². The zero-order chi connectivity index (χ0) is 27.7. The van der Waals surface area contributed by atoms with Gasteiger partial charge in [-0.05, 0) is 6.42 Å². The fourth-order valence-electron chi connectivity index (χ4n) is 4.83. The van der Waals surface area contributed by atoms with Crippen LogP contribution in [-0.2, 0) is 30.7 Å². The zero-order valence-electron chi connectivity index (χ0n) is 23.5. The molecule has 0 saturated heterocycles. The fraction of sp³-hybridized carbons (Fsp3) is 0.0811. The summed E-state index contributed by atoms with van der Waals surface area (Å²) in [6.07, 6.45) is 1.05. The van der Waals surface area contributed by atoms with E-state index in [0.717, 1.165) is 17.9 Å². The summed E-state index contributed by atoms with van der Waals surface area (Å²) in [7, 11) is 3.29. The molecule has 1 aliphatic carbocycles. The van der Waals surface area contributed by atoms with Crippen molar-refractivity contribution in [2.24, 2.45) is 0 Å². The number of ether oxygens (including phenoxy) is 2. The Morgan fingerprint density at radius 2 is 1.26 bits per heavy atom. The van der Waals surface area contributed by atoms with Crippen molar-refractivity contribution in [1.29, 1.82) is 0 Å². The van der Waals surface area contributed by atoms with Crippen LogP contribution in [0.4, 0.5) is 0 Å². The van der Waals surface area contributed by atoms with E-state index in [4.69, 9.17) is 9.47 Å². The molecule has 6 aromatic carbocycles. The Morgan fingerprint density at radius 3 is 1.90 bits per heavy atom. The van der Waals surface area contributed by atoms with Gasteiger partial charge in [-0.25, -0.2) is 0 Å². The molecule has 0 fully saturated rings. The van der Waals surface area contributed by atoms with Crippen LogP contribution in [0.3, 0.4) is 0 Å². The maximum Gasteiger partial charge on any atom is -0.0253 e. The van der Waals surface area contributed by atoms with Crippen LogP contribution in [0.25, 0.3) is 21.9 Å². The molecule has 6 aromatic rings. The second-order valence-electron chi connectivity index (χ2n) is 9.37. The molecule has 0 heterocycles. The number of fused-ring (bicyclic) bond motifs is 4. The van der Waals surface area contributed by atoms with Crippen LogP contribution in [0.2, 0.25) is 0 Å². The molecule has 210 valence electrons. The van der Waals surface area contributed by atoms with Crippen molar-refractivity contribution in [3.8, 4) is 22.6 Å². The summed E-state index contributed by atoms with van der Waals surface area (Å²) in [5, 5.41) is 2.36. The van der Waals surface area contributed by atoms with Gasteiger partial charge in [-0.3, -0.25) is 0 Å². The maximum atomic E-state index is 5.19. The van der Waals surface area contributed by atoms with Crippen LogP contribution in [0.5, 0.6) is 11.5 Å². The molecule has 0 aromatic heterocycles. The third kappa shape index (κ3) is 7.92. The second-order valence-corrected chi connectivity index (χ2v) is 10.6. The van der Waals surface area contributed by atoms with Crippen LogP contribution in [0.1, 0.15) is 22.3 Å². The standard InChI is InChI=1S/C13H9.C13H10.C11H11O2.2ClH.Zr/c1-3-7-12-10(5-1)9-11-6-2-4-8-13(11)12;1-3-7-12(8-4-1)11-13-9-5-2-6-10-13;1-12-10-6-8-4-3-5-9(8)7-11(10)13-2;;;/h1-5,7-8H,9H2;1-10H;3-7H,1-2H3;2*1H;/q-1;;-1;;;+2/p-2. The van der Waals surface area contributed by atoms with Gasteiger partial charge in [0.1, 0.15) is 11.5 Å². The molecule has 5 heteroatoms. The first-order chi connectivity index (χ1) is 19.7.